The zero-order chi connectivity index (χ0) is 12.9. The Labute approximate surface area is 113 Å². The molecule has 0 radical (unpaired) electrons. The predicted molar refractivity (Wildman–Crippen MR) is 76.7 cm³/mol. The molecular formula is C16H19N3. The van der Waals surface area contributed by atoms with Gasteiger partial charge < -0.3 is 5.73 Å². The Balaban J connectivity index is 1.47. The summed E-state index contributed by atoms with van der Waals surface area (Å²) < 4.78 is 0. The number of fused-ring (bicyclic) bond motifs is 1. The van der Waals surface area contributed by atoms with E-state index in [1.54, 1.807) is 0 Å². The van der Waals surface area contributed by atoms with Crippen LogP contribution in [0.5, 0.6) is 0 Å². The summed E-state index contributed by atoms with van der Waals surface area (Å²) >= 11 is 0. The Bertz CT molecular complexity index is 612. The molecule has 3 heteroatoms. The van der Waals surface area contributed by atoms with Gasteiger partial charge in [-0.2, -0.15) is 0 Å². The monoisotopic (exact) mass is 253 g/mol. The van der Waals surface area contributed by atoms with E-state index in [-0.39, 0.29) is 5.54 Å². The van der Waals surface area contributed by atoms with Gasteiger partial charge in [0.25, 0.3) is 0 Å². The van der Waals surface area contributed by atoms with Gasteiger partial charge in [0.1, 0.15) is 0 Å². The topological polar surface area (TPSA) is 42.1 Å². The molecule has 1 saturated heterocycles. The minimum atomic E-state index is 0.123. The molecule has 1 aromatic heterocycles. The second-order valence-corrected chi connectivity index (χ2v) is 6.18. The van der Waals surface area contributed by atoms with Crippen molar-refractivity contribution in [3.05, 3.63) is 42.1 Å². The molecule has 1 aliphatic carbocycles. The molecule has 1 saturated carbocycles. The van der Waals surface area contributed by atoms with Crippen LogP contribution in [0.25, 0.3) is 10.9 Å². The normalized spacial score (nSPS) is 22.4. The van der Waals surface area contributed by atoms with Crippen LogP contribution < -0.4 is 5.73 Å². The Kier molecular flexibility index (Phi) is 2.41. The van der Waals surface area contributed by atoms with Gasteiger partial charge in [-0.3, -0.25) is 9.88 Å². The molecule has 4 rings (SSSR count). The Morgan fingerprint density at radius 3 is 2.89 bits per heavy atom. The number of rotatable bonds is 3. The lowest BCUT2D eigenvalue weighted by Gasteiger charge is -2.48. The molecular weight excluding hydrogens is 234 g/mol. The fourth-order valence-electron chi connectivity index (χ4n) is 3.30. The van der Waals surface area contributed by atoms with Gasteiger partial charge in [0.15, 0.2) is 0 Å². The Hall–Kier alpha value is -1.45. The van der Waals surface area contributed by atoms with Crippen LogP contribution in [-0.2, 0) is 6.54 Å². The second-order valence-electron chi connectivity index (χ2n) is 6.18. The fourth-order valence-corrected chi connectivity index (χ4v) is 3.30. The molecule has 3 nitrogen and oxygen atoms in total. The third-order valence-corrected chi connectivity index (χ3v) is 4.50. The second kappa shape index (κ2) is 4.02. The lowest BCUT2D eigenvalue weighted by molar-refractivity contribution is 0.0478. The number of nitrogens with two attached hydrogens (primary N) is 1. The first-order chi connectivity index (χ1) is 9.23. The minimum Gasteiger partial charge on any atom is -0.323 e. The number of nitrogens with zero attached hydrogens (tertiary/aromatic N) is 2. The number of benzene rings is 1. The van der Waals surface area contributed by atoms with E-state index in [4.69, 9.17) is 5.73 Å². The molecule has 0 atom stereocenters. The summed E-state index contributed by atoms with van der Waals surface area (Å²) in [4.78, 5) is 6.81. The van der Waals surface area contributed by atoms with Gasteiger partial charge in [-0.05, 0) is 42.5 Å². The van der Waals surface area contributed by atoms with Gasteiger partial charge >= 0.3 is 0 Å². The van der Waals surface area contributed by atoms with Gasteiger partial charge in [0.2, 0.25) is 0 Å². The molecule has 0 spiro atoms. The van der Waals surface area contributed by atoms with Crippen LogP contribution in [0.15, 0.2) is 36.5 Å². The van der Waals surface area contributed by atoms with Gasteiger partial charge in [-0.1, -0.05) is 12.1 Å². The molecule has 2 heterocycles. The zero-order valence-corrected chi connectivity index (χ0v) is 11.0. The number of likely N-dealkylation sites (tertiary alicyclic amines) is 1. The maximum atomic E-state index is 6.39. The summed E-state index contributed by atoms with van der Waals surface area (Å²) in [6, 6.07) is 10.7. The minimum absolute atomic E-state index is 0.123. The molecule has 2 fully saturated rings. The van der Waals surface area contributed by atoms with E-state index < -0.39 is 0 Å². The van der Waals surface area contributed by atoms with Crippen LogP contribution in [-0.4, -0.2) is 28.5 Å². The maximum Gasteiger partial charge on any atom is 0.0702 e. The van der Waals surface area contributed by atoms with E-state index in [2.05, 4.69) is 34.1 Å². The van der Waals surface area contributed by atoms with Crippen molar-refractivity contribution in [2.45, 2.75) is 24.9 Å². The quantitative estimate of drug-likeness (QED) is 0.911. The average molecular weight is 253 g/mol. The first kappa shape index (κ1) is 11.4. The van der Waals surface area contributed by atoms with Crippen molar-refractivity contribution in [2.24, 2.45) is 11.7 Å². The smallest absolute Gasteiger partial charge is 0.0702 e. The third kappa shape index (κ3) is 2.03. The molecule has 2 aliphatic rings. The lowest BCUT2D eigenvalue weighted by atomic mass is 9.85. The molecule has 0 amide bonds. The Morgan fingerprint density at radius 1 is 1.26 bits per heavy atom. The predicted octanol–water partition coefficient (Wildman–Crippen LogP) is 2.16. The van der Waals surface area contributed by atoms with Gasteiger partial charge in [0, 0.05) is 36.8 Å². The summed E-state index contributed by atoms with van der Waals surface area (Å²) in [6.45, 7) is 3.13. The van der Waals surface area contributed by atoms with Crippen molar-refractivity contribution in [1.29, 1.82) is 0 Å². The highest BCUT2D eigenvalue weighted by Crippen LogP contribution is 2.43. The SMILES string of the molecule is NC1(C2CC2)CN(Cc2ccc3ncccc3c2)C1. The maximum absolute atomic E-state index is 6.39. The number of hydrogen-bond donors (Lipinski definition) is 1. The van der Waals surface area contributed by atoms with E-state index in [9.17, 15) is 0 Å². The van der Waals surface area contributed by atoms with E-state index in [1.165, 1.54) is 23.8 Å². The highest BCUT2D eigenvalue weighted by Gasteiger charge is 2.49. The molecule has 1 aliphatic heterocycles. The Morgan fingerprint density at radius 2 is 2.11 bits per heavy atom. The number of hydrogen-bond acceptors (Lipinski definition) is 3. The largest absolute Gasteiger partial charge is 0.323 e. The van der Waals surface area contributed by atoms with Crippen molar-refractivity contribution in [1.82, 2.24) is 9.88 Å². The number of pyridine rings is 1. The van der Waals surface area contributed by atoms with E-state index >= 15 is 0 Å². The first-order valence-corrected chi connectivity index (χ1v) is 7.08. The zero-order valence-electron chi connectivity index (χ0n) is 11.0. The van der Waals surface area contributed by atoms with Crippen LogP contribution in [0.2, 0.25) is 0 Å². The summed E-state index contributed by atoms with van der Waals surface area (Å²) in [5, 5.41) is 1.22. The molecule has 98 valence electrons. The van der Waals surface area contributed by atoms with Crippen LogP contribution >= 0.6 is 0 Å². The summed E-state index contributed by atoms with van der Waals surface area (Å²) in [6.07, 6.45) is 4.52. The summed E-state index contributed by atoms with van der Waals surface area (Å²) in [7, 11) is 0. The van der Waals surface area contributed by atoms with Crippen LogP contribution in [0.1, 0.15) is 18.4 Å². The van der Waals surface area contributed by atoms with Crippen molar-refractivity contribution in [2.75, 3.05) is 13.1 Å². The summed E-state index contributed by atoms with van der Waals surface area (Å²) in [5.74, 6) is 0.796. The van der Waals surface area contributed by atoms with Crippen molar-refractivity contribution < 1.29 is 0 Å². The molecule has 0 unspecified atom stereocenters. The fraction of sp³-hybridized carbons (Fsp3) is 0.438. The first-order valence-electron chi connectivity index (χ1n) is 7.08. The number of aromatic nitrogens is 1. The standard InChI is InChI=1S/C16H19N3/c17-16(14-4-5-14)10-19(11-16)9-12-3-6-15-13(8-12)2-1-7-18-15/h1-3,6-8,14H,4-5,9-11,17H2. The third-order valence-electron chi connectivity index (χ3n) is 4.50. The average Bonchev–Trinajstić information content (AvgIpc) is 3.21. The van der Waals surface area contributed by atoms with E-state index in [0.29, 0.717) is 0 Å². The van der Waals surface area contributed by atoms with Crippen molar-refractivity contribution in [3.8, 4) is 0 Å². The molecule has 0 bridgehead atoms. The lowest BCUT2D eigenvalue weighted by Crippen LogP contribution is -2.68. The molecule has 1 aromatic carbocycles. The summed E-state index contributed by atoms with van der Waals surface area (Å²) in [5.41, 5.74) is 8.94. The van der Waals surface area contributed by atoms with Crippen molar-refractivity contribution >= 4 is 10.9 Å². The van der Waals surface area contributed by atoms with Gasteiger partial charge in [-0.25, -0.2) is 0 Å². The van der Waals surface area contributed by atoms with Crippen LogP contribution in [0.3, 0.4) is 0 Å². The van der Waals surface area contributed by atoms with E-state index in [1.807, 2.05) is 12.3 Å². The molecule has 2 aromatic rings. The van der Waals surface area contributed by atoms with E-state index in [0.717, 1.165) is 31.1 Å². The van der Waals surface area contributed by atoms with Crippen LogP contribution in [0, 0.1) is 5.92 Å². The van der Waals surface area contributed by atoms with Gasteiger partial charge in [0.05, 0.1) is 5.52 Å². The van der Waals surface area contributed by atoms with Gasteiger partial charge in [-0.15, -0.1) is 0 Å². The highest BCUT2D eigenvalue weighted by atomic mass is 15.3. The molecule has 2 N–H and O–H groups in total. The van der Waals surface area contributed by atoms with Crippen LogP contribution in [0.4, 0.5) is 0 Å². The highest BCUT2D eigenvalue weighted by molar-refractivity contribution is 5.78. The molecule has 19 heavy (non-hydrogen) atoms. The van der Waals surface area contributed by atoms with Crippen molar-refractivity contribution in [3.63, 3.8) is 0 Å².